The molecule has 0 unspecified atom stereocenters. The van der Waals surface area contributed by atoms with Gasteiger partial charge in [0.15, 0.2) is 0 Å². The average molecular weight is 179 g/mol. The van der Waals surface area contributed by atoms with E-state index < -0.39 is 0 Å². The Morgan fingerprint density at radius 1 is 1.31 bits per heavy atom. The molecule has 0 radical (unpaired) electrons. The number of hydrogen-bond acceptors (Lipinski definition) is 3. The Morgan fingerprint density at radius 2 is 2.00 bits per heavy atom. The zero-order valence-corrected chi connectivity index (χ0v) is 7.36. The highest BCUT2D eigenvalue weighted by molar-refractivity contribution is 5.74. The molecule has 0 spiro atoms. The van der Waals surface area contributed by atoms with E-state index in [-0.39, 0.29) is 6.61 Å². The molecule has 1 rings (SSSR count). The molecule has 0 aliphatic heterocycles. The van der Waals surface area contributed by atoms with E-state index in [1.807, 2.05) is 12.1 Å². The zero-order chi connectivity index (χ0) is 9.52. The van der Waals surface area contributed by atoms with E-state index in [4.69, 9.17) is 5.11 Å². The third kappa shape index (κ3) is 3.36. The summed E-state index contributed by atoms with van der Waals surface area (Å²) in [5.74, 6) is 0. The summed E-state index contributed by atoms with van der Waals surface area (Å²) in [5.41, 5.74) is 1.80. The Morgan fingerprint density at radius 3 is 2.54 bits per heavy atom. The van der Waals surface area contributed by atoms with Gasteiger partial charge in [0.2, 0.25) is 0 Å². The quantitative estimate of drug-likeness (QED) is 0.513. The molecule has 0 amide bonds. The van der Waals surface area contributed by atoms with E-state index in [1.165, 1.54) is 0 Å². The number of carbonyl (C=O) groups is 1. The Kier molecular flexibility index (Phi) is 4.15. The van der Waals surface area contributed by atoms with Crippen molar-refractivity contribution in [2.24, 2.45) is 0 Å². The minimum Gasteiger partial charge on any atom is -0.395 e. The van der Waals surface area contributed by atoms with E-state index >= 15 is 0 Å². The number of nitrogens with one attached hydrogen (secondary N) is 1. The molecule has 0 aliphatic carbocycles. The van der Waals surface area contributed by atoms with Crippen LogP contribution in [0.1, 0.15) is 15.9 Å². The lowest BCUT2D eigenvalue weighted by molar-refractivity contribution is 0.112. The fourth-order valence-electron chi connectivity index (χ4n) is 1.03. The van der Waals surface area contributed by atoms with Crippen LogP contribution in [0.25, 0.3) is 0 Å². The maximum atomic E-state index is 10.3. The number of aldehydes is 1. The van der Waals surface area contributed by atoms with Gasteiger partial charge in [-0.3, -0.25) is 4.79 Å². The molecule has 0 aromatic heterocycles. The monoisotopic (exact) mass is 179 g/mol. The van der Waals surface area contributed by atoms with Gasteiger partial charge in [-0.1, -0.05) is 24.3 Å². The fraction of sp³-hybridized carbons (Fsp3) is 0.300. The third-order valence-corrected chi connectivity index (χ3v) is 1.73. The fourth-order valence-corrected chi connectivity index (χ4v) is 1.03. The lowest BCUT2D eigenvalue weighted by Crippen LogP contribution is -2.17. The van der Waals surface area contributed by atoms with Crippen LogP contribution < -0.4 is 5.32 Å². The predicted molar refractivity (Wildman–Crippen MR) is 50.6 cm³/mol. The molecule has 0 aliphatic rings. The van der Waals surface area contributed by atoms with E-state index in [0.717, 1.165) is 18.4 Å². The maximum Gasteiger partial charge on any atom is 0.150 e. The molecule has 0 saturated heterocycles. The summed E-state index contributed by atoms with van der Waals surface area (Å²) in [6, 6.07) is 7.36. The third-order valence-electron chi connectivity index (χ3n) is 1.73. The summed E-state index contributed by atoms with van der Waals surface area (Å²) in [5, 5.41) is 11.6. The minimum absolute atomic E-state index is 0.145. The number of benzene rings is 1. The Balaban J connectivity index is 2.44. The van der Waals surface area contributed by atoms with Crippen molar-refractivity contribution in [3.05, 3.63) is 35.4 Å². The Bertz CT molecular complexity index is 256. The van der Waals surface area contributed by atoms with Crippen LogP contribution in [0.4, 0.5) is 0 Å². The van der Waals surface area contributed by atoms with Gasteiger partial charge in [0.1, 0.15) is 6.29 Å². The lowest BCUT2D eigenvalue weighted by atomic mass is 10.1. The topological polar surface area (TPSA) is 49.3 Å². The standard InChI is InChI=1S/C10H13NO2/c12-6-5-11-7-9-1-3-10(8-13)4-2-9/h1-4,8,11-12H,5-7H2. The normalized spacial score (nSPS) is 9.92. The first kappa shape index (κ1) is 9.89. The van der Waals surface area contributed by atoms with Crippen LogP contribution >= 0.6 is 0 Å². The van der Waals surface area contributed by atoms with E-state index in [0.29, 0.717) is 12.1 Å². The smallest absolute Gasteiger partial charge is 0.150 e. The summed E-state index contributed by atoms with van der Waals surface area (Å²) in [6.07, 6.45) is 0.824. The number of hydrogen-bond donors (Lipinski definition) is 2. The molecule has 70 valence electrons. The molecule has 1 aromatic carbocycles. The van der Waals surface area contributed by atoms with E-state index in [2.05, 4.69) is 5.32 Å². The van der Waals surface area contributed by atoms with Gasteiger partial charge in [0.05, 0.1) is 6.61 Å². The Hall–Kier alpha value is -1.19. The molecule has 3 nitrogen and oxygen atoms in total. The molecule has 1 aromatic rings. The summed E-state index contributed by atoms with van der Waals surface area (Å²) in [4.78, 5) is 10.3. The van der Waals surface area contributed by atoms with Crippen molar-refractivity contribution >= 4 is 6.29 Å². The van der Waals surface area contributed by atoms with Crippen molar-refractivity contribution in [3.8, 4) is 0 Å². The molecule has 0 fully saturated rings. The highest BCUT2D eigenvalue weighted by atomic mass is 16.3. The van der Waals surface area contributed by atoms with Crippen molar-refractivity contribution in [3.63, 3.8) is 0 Å². The first-order valence-corrected chi connectivity index (χ1v) is 4.22. The van der Waals surface area contributed by atoms with Crippen molar-refractivity contribution in [1.29, 1.82) is 0 Å². The van der Waals surface area contributed by atoms with Crippen LogP contribution in [0.15, 0.2) is 24.3 Å². The second-order valence-electron chi connectivity index (χ2n) is 2.76. The summed E-state index contributed by atoms with van der Waals surface area (Å²) in [6.45, 7) is 1.46. The number of aliphatic hydroxyl groups excluding tert-OH is 1. The van der Waals surface area contributed by atoms with Crippen molar-refractivity contribution < 1.29 is 9.90 Å². The van der Waals surface area contributed by atoms with Gasteiger partial charge in [0, 0.05) is 18.7 Å². The molecule has 3 heteroatoms. The molecule has 0 bridgehead atoms. The van der Waals surface area contributed by atoms with Gasteiger partial charge in [-0.25, -0.2) is 0 Å². The largest absolute Gasteiger partial charge is 0.395 e. The Labute approximate surface area is 77.4 Å². The molecule has 0 saturated carbocycles. The summed E-state index contributed by atoms with van der Waals surface area (Å²) in [7, 11) is 0. The van der Waals surface area contributed by atoms with Crippen LogP contribution in [0.2, 0.25) is 0 Å². The average Bonchev–Trinajstić information content (AvgIpc) is 2.19. The van der Waals surface area contributed by atoms with Gasteiger partial charge < -0.3 is 10.4 Å². The molecular formula is C10H13NO2. The van der Waals surface area contributed by atoms with Gasteiger partial charge in [-0.15, -0.1) is 0 Å². The maximum absolute atomic E-state index is 10.3. The van der Waals surface area contributed by atoms with Crippen LogP contribution in [0, 0.1) is 0 Å². The highest BCUT2D eigenvalue weighted by Gasteiger charge is 1.92. The second-order valence-corrected chi connectivity index (χ2v) is 2.76. The first-order chi connectivity index (χ1) is 6.36. The summed E-state index contributed by atoms with van der Waals surface area (Å²) >= 11 is 0. The molecule has 13 heavy (non-hydrogen) atoms. The minimum atomic E-state index is 0.145. The van der Waals surface area contributed by atoms with Crippen LogP contribution in [-0.4, -0.2) is 24.5 Å². The van der Waals surface area contributed by atoms with Gasteiger partial charge >= 0.3 is 0 Å². The molecule has 0 atom stereocenters. The first-order valence-electron chi connectivity index (χ1n) is 4.22. The van der Waals surface area contributed by atoms with E-state index in [1.54, 1.807) is 12.1 Å². The number of rotatable bonds is 5. The van der Waals surface area contributed by atoms with Crippen molar-refractivity contribution in [2.45, 2.75) is 6.54 Å². The summed E-state index contributed by atoms with van der Waals surface area (Å²) < 4.78 is 0. The van der Waals surface area contributed by atoms with Gasteiger partial charge in [-0.2, -0.15) is 0 Å². The molecule has 0 heterocycles. The molecule has 2 N–H and O–H groups in total. The number of carbonyl (C=O) groups excluding carboxylic acids is 1. The van der Waals surface area contributed by atoms with Crippen molar-refractivity contribution in [1.82, 2.24) is 5.32 Å². The second kappa shape index (κ2) is 5.45. The number of aliphatic hydroxyl groups is 1. The van der Waals surface area contributed by atoms with Gasteiger partial charge in [0.25, 0.3) is 0 Å². The van der Waals surface area contributed by atoms with Crippen LogP contribution in [0.5, 0.6) is 0 Å². The zero-order valence-electron chi connectivity index (χ0n) is 7.36. The lowest BCUT2D eigenvalue weighted by Gasteiger charge is -2.02. The van der Waals surface area contributed by atoms with E-state index in [9.17, 15) is 4.79 Å². The SMILES string of the molecule is O=Cc1ccc(CNCCO)cc1. The van der Waals surface area contributed by atoms with Crippen molar-refractivity contribution in [2.75, 3.05) is 13.2 Å². The van der Waals surface area contributed by atoms with Crippen LogP contribution in [-0.2, 0) is 6.54 Å². The highest BCUT2D eigenvalue weighted by Crippen LogP contribution is 2.01. The predicted octanol–water partition coefficient (Wildman–Crippen LogP) is 0.581. The van der Waals surface area contributed by atoms with Crippen LogP contribution in [0.3, 0.4) is 0 Å². The van der Waals surface area contributed by atoms with Gasteiger partial charge in [-0.05, 0) is 5.56 Å². The molecular weight excluding hydrogens is 166 g/mol.